The van der Waals surface area contributed by atoms with Gasteiger partial charge in [-0.05, 0) is 17.5 Å². The Balaban J connectivity index is 2.11. The zero-order valence-electron chi connectivity index (χ0n) is 10.7. The highest BCUT2D eigenvalue weighted by molar-refractivity contribution is 6.29. The summed E-state index contributed by atoms with van der Waals surface area (Å²) in [6, 6.07) is 15.7. The summed E-state index contributed by atoms with van der Waals surface area (Å²) in [6.07, 6.45) is 0. The highest BCUT2D eigenvalue weighted by Crippen LogP contribution is 2.34. The molecule has 0 aliphatic carbocycles. The van der Waals surface area contributed by atoms with Crippen LogP contribution in [0.25, 0.3) is 10.8 Å². The fraction of sp³-hybridized carbons (Fsp3) is 0. The van der Waals surface area contributed by atoms with E-state index in [-0.39, 0.29) is 16.7 Å². The van der Waals surface area contributed by atoms with Crippen LogP contribution >= 0.6 is 11.6 Å². The van der Waals surface area contributed by atoms with Crippen LogP contribution in [0.4, 0.5) is 5.69 Å². The minimum absolute atomic E-state index is 0.121. The largest absolute Gasteiger partial charge is 0.433 e. The van der Waals surface area contributed by atoms with Gasteiger partial charge in [0.15, 0.2) is 0 Å². The summed E-state index contributed by atoms with van der Waals surface area (Å²) in [4.78, 5) is 14.4. The smallest absolute Gasteiger partial charge is 0.331 e. The topological polar surface area (TPSA) is 65.3 Å². The monoisotopic (exact) mass is 300 g/mol. The molecule has 0 atom stereocenters. The second kappa shape index (κ2) is 5.38. The van der Waals surface area contributed by atoms with Crippen molar-refractivity contribution in [1.29, 1.82) is 0 Å². The molecule has 3 aromatic rings. The Morgan fingerprint density at radius 3 is 2.62 bits per heavy atom. The summed E-state index contributed by atoms with van der Waals surface area (Å²) in [5, 5.41) is 13.0. The van der Waals surface area contributed by atoms with Gasteiger partial charge >= 0.3 is 11.6 Å². The first-order valence-electron chi connectivity index (χ1n) is 6.12. The summed E-state index contributed by atoms with van der Waals surface area (Å²) in [5.41, 5.74) is -0.229. The van der Waals surface area contributed by atoms with E-state index in [0.717, 1.165) is 10.8 Å². The highest BCUT2D eigenvalue weighted by atomic mass is 35.5. The molecular formula is C15H9ClN2O3. The second-order valence-corrected chi connectivity index (χ2v) is 4.68. The van der Waals surface area contributed by atoms with Crippen LogP contribution < -0.4 is 4.74 Å². The van der Waals surface area contributed by atoms with Gasteiger partial charge in [-0.1, -0.05) is 48.0 Å². The standard InChI is InChI=1S/C15H9ClN2O3/c16-14-9-8-12(18(19)20)15(17-14)21-13-7-3-5-10-4-1-2-6-11(10)13/h1-9H. The van der Waals surface area contributed by atoms with Crippen molar-refractivity contribution in [3.63, 3.8) is 0 Å². The molecule has 0 bridgehead atoms. The molecule has 0 aliphatic heterocycles. The number of nitro groups is 1. The molecular weight excluding hydrogens is 292 g/mol. The maximum Gasteiger partial charge on any atom is 0.331 e. The molecule has 1 aromatic heterocycles. The van der Waals surface area contributed by atoms with E-state index >= 15 is 0 Å². The van der Waals surface area contributed by atoms with Crippen LogP contribution in [0.15, 0.2) is 54.6 Å². The Morgan fingerprint density at radius 2 is 1.81 bits per heavy atom. The van der Waals surface area contributed by atoms with E-state index in [1.54, 1.807) is 6.07 Å². The third-order valence-electron chi connectivity index (χ3n) is 2.96. The van der Waals surface area contributed by atoms with Crippen molar-refractivity contribution >= 4 is 28.1 Å². The van der Waals surface area contributed by atoms with E-state index in [1.165, 1.54) is 12.1 Å². The average molecular weight is 301 g/mol. The van der Waals surface area contributed by atoms with Gasteiger partial charge in [0.25, 0.3) is 0 Å². The molecule has 0 saturated heterocycles. The molecule has 0 spiro atoms. The van der Waals surface area contributed by atoms with Crippen LogP contribution in [-0.4, -0.2) is 9.91 Å². The van der Waals surface area contributed by atoms with Crippen molar-refractivity contribution in [3.8, 4) is 11.6 Å². The SMILES string of the molecule is O=[N+]([O-])c1ccc(Cl)nc1Oc1cccc2ccccc12. The molecule has 1 heterocycles. The van der Waals surface area contributed by atoms with Gasteiger partial charge < -0.3 is 4.74 Å². The molecule has 0 saturated carbocycles. The van der Waals surface area contributed by atoms with Crippen molar-refractivity contribution in [1.82, 2.24) is 4.98 Å². The van der Waals surface area contributed by atoms with E-state index < -0.39 is 4.92 Å². The molecule has 104 valence electrons. The third-order valence-corrected chi connectivity index (χ3v) is 3.17. The lowest BCUT2D eigenvalue weighted by Crippen LogP contribution is -1.96. The van der Waals surface area contributed by atoms with E-state index in [4.69, 9.17) is 16.3 Å². The number of hydrogen-bond acceptors (Lipinski definition) is 4. The molecule has 0 radical (unpaired) electrons. The summed E-state index contributed by atoms with van der Waals surface area (Å²) >= 11 is 5.79. The van der Waals surface area contributed by atoms with Crippen molar-refractivity contribution in [2.75, 3.05) is 0 Å². The lowest BCUT2D eigenvalue weighted by atomic mass is 10.1. The molecule has 6 heteroatoms. The van der Waals surface area contributed by atoms with E-state index in [1.807, 2.05) is 36.4 Å². The first-order chi connectivity index (χ1) is 10.1. The van der Waals surface area contributed by atoms with Gasteiger partial charge in [0.05, 0.1) is 4.92 Å². The van der Waals surface area contributed by atoms with Crippen molar-refractivity contribution < 1.29 is 9.66 Å². The van der Waals surface area contributed by atoms with Crippen molar-refractivity contribution in [2.24, 2.45) is 0 Å². The number of hydrogen-bond donors (Lipinski definition) is 0. The maximum absolute atomic E-state index is 11.0. The van der Waals surface area contributed by atoms with Crippen LogP contribution in [0.2, 0.25) is 5.15 Å². The fourth-order valence-electron chi connectivity index (χ4n) is 2.01. The Bertz CT molecular complexity index is 831. The quantitative estimate of drug-likeness (QED) is 0.403. The predicted octanol–water partition coefficient (Wildman–Crippen LogP) is 4.59. The molecule has 5 nitrogen and oxygen atoms in total. The number of aromatic nitrogens is 1. The lowest BCUT2D eigenvalue weighted by molar-refractivity contribution is -0.386. The minimum atomic E-state index is -0.552. The molecule has 21 heavy (non-hydrogen) atoms. The van der Waals surface area contributed by atoms with Gasteiger partial charge in [0.1, 0.15) is 10.9 Å². The van der Waals surface area contributed by atoms with Gasteiger partial charge in [0, 0.05) is 11.5 Å². The Hall–Kier alpha value is -2.66. The average Bonchev–Trinajstić information content (AvgIpc) is 2.47. The van der Waals surface area contributed by atoms with Crippen LogP contribution in [0, 0.1) is 10.1 Å². The number of rotatable bonds is 3. The zero-order valence-corrected chi connectivity index (χ0v) is 11.4. The summed E-state index contributed by atoms with van der Waals surface area (Å²) < 4.78 is 5.63. The number of fused-ring (bicyclic) bond motifs is 1. The first kappa shape index (κ1) is 13.3. The maximum atomic E-state index is 11.0. The number of halogens is 1. The number of nitrogens with zero attached hydrogens (tertiary/aromatic N) is 2. The molecule has 2 aromatic carbocycles. The number of pyridine rings is 1. The zero-order chi connectivity index (χ0) is 14.8. The molecule has 0 fully saturated rings. The second-order valence-electron chi connectivity index (χ2n) is 4.29. The summed E-state index contributed by atoms with van der Waals surface area (Å²) in [7, 11) is 0. The molecule has 0 amide bonds. The summed E-state index contributed by atoms with van der Waals surface area (Å²) in [6.45, 7) is 0. The van der Waals surface area contributed by atoms with Gasteiger partial charge in [-0.2, -0.15) is 4.98 Å². The van der Waals surface area contributed by atoms with Gasteiger partial charge in [-0.25, -0.2) is 0 Å². The molecule has 0 aliphatic rings. The number of ether oxygens (including phenoxy) is 1. The van der Waals surface area contributed by atoms with Crippen LogP contribution in [-0.2, 0) is 0 Å². The van der Waals surface area contributed by atoms with E-state index in [9.17, 15) is 10.1 Å². The highest BCUT2D eigenvalue weighted by Gasteiger charge is 2.18. The first-order valence-corrected chi connectivity index (χ1v) is 6.49. The third kappa shape index (κ3) is 2.64. The minimum Gasteiger partial charge on any atom is -0.433 e. The normalized spacial score (nSPS) is 10.5. The number of benzene rings is 2. The van der Waals surface area contributed by atoms with Gasteiger partial charge in [-0.15, -0.1) is 0 Å². The van der Waals surface area contributed by atoms with E-state index in [2.05, 4.69) is 4.98 Å². The van der Waals surface area contributed by atoms with E-state index in [0.29, 0.717) is 5.75 Å². The van der Waals surface area contributed by atoms with Crippen molar-refractivity contribution in [3.05, 3.63) is 69.9 Å². The van der Waals surface area contributed by atoms with Crippen LogP contribution in [0.5, 0.6) is 11.6 Å². The fourth-order valence-corrected chi connectivity index (χ4v) is 2.15. The molecule has 0 N–H and O–H groups in total. The summed E-state index contributed by atoms with van der Waals surface area (Å²) in [5.74, 6) is 0.370. The van der Waals surface area contributed by atoms with Crippen LogP contribution in [0.1, 0.15) is 0 Å². The van der Waals surface area contributed by atoms with Crippen molar-refractivity contribution in [2.45, 2.75) is 0 Å². The predicted molar refractivity (Wildman–Crippen MR) is 79.9 cm³/mol. The Kier molecular flexibility index (Phi) is 3.41. The van der Waals surface area contributed by atoms with Gasteiger partial charge in [-0.3, -0.25) is 10.1 Å². The molecule has 0 unspecified atom stereocenters. The Morgan fingerprint density at radius 1 is 1.05 bits per heavy atom. The van der Waals surface area contributed by atoms with Crippen LogP contribution in [0.3, 0.4) is 0 Å². The lowest BCUT2D eigenvalue weighted by Gasteiger charge is -2.08. The van der Waals surface area contributed by atoms with Gasteiger partial charge in [0.2, 0.25) is 0 Å². The molecule has 3 rings (SSSR count). The Labute approximate surface area is 124 Å².